The second-order valence-electron chi connectivity index (χ2n) is 3.64. The Bertz CT molecular complexity index is 403. The van der Waals surface area contributed by atoms with Gasteiger partial charge in [0.1, 0.15) is 0 Å². The SMILES string of the molecule is Cc1ccsc1CN[C@@H](C)c1cccs1. The van der Waals surface area contributed by atoms with Crippen molar-refractivity contribution in [2.24, 2.45) is 0 Å². The fourth-order valence-electron chi connectivity index (χ4n) is 1.47. The fraction of sp³-hybridized carbons (Fsp3) is 0.333. The lowest BCUT2D eigenvalue weighted by molar-refractivity contribution is 0.586. The summed E-state index contributed by atoms with van der Waals surface area (Å²) < 4.78 is 0. The lowest BCUT2D eigenvalue weighted by atomic mass is 10.2. The van der Waals surface area contributed by atoms with Gasteiger partial charge >= 0.3 is 0 Å². The molecule has 2 aromatic rings. The Morgan fingerprint density at radius 3 is 2.73 bits per heavy atom. The molecule has 0 unspecified atom stereocenters. The first-order valence-electron chi connectivity index (χ1n) is 5.07. The summed E-state index contributed by atoms with van der Waals surface area (Å²) in [4.78, 5) is 2.85. The van der Waals surface area contributed by atoms with E-state index < -0.39 is 0 Å². The summed E-state index contributed by atoms with van der Waals surface area (Å²) >= 11 is 3.64. The molecule has 0 spiro atoms. The predicted molar refractivity (Wildman–Crippen MR) is 68.6 cm³/mol. The maximum Gasteiger partial charge on any atom is 0.0389 e. The molecule has 2 rings (SSSR count). The molecule has 80 valence electrons. The van der Waals surface area contributed by atoms with E-state index in [1.165, 1.54) is 15.3 Å². The average molecular weight is 237 g/mol. The van der Waals surface area contributed by atoms with Gasteiger partial charge in [-0.15, -0.1) is 22.7 Å². The van der Waals surface area contributed by atoms with Crippen LogP contribution in [-0.2, 0) is 6.54 Å². The van der Waals surface area contributed by atoms with Crippen LogP contribution in [0.2, 0.25) is 0 Å². The van der Waals surface area contributed by atoms with Crippen LogP contribution in [0.15, 0.2) is 29.0 Å². The Morgan fingerprint density at radius 1 is 1.27 bits per heavy atom. The van der Waals surface area contributed by atoms with Gasteiger partial charge in [-0.05, 0) is 42.3 Å². The van der Waals surface area contributed by atoms with E-state index >= 15 is 0 Å². The number of aryl methyl sites for hydroxylation is 1. The van der Waals surface area contributed by atoms with Gasteiger partial charge in [0.25, 0.3) is 0 Å². The van der Waals surface area contributed by atoms with Crippen molar-refractivity contribution in [2.75, 3.05) is 0 Å². The lowest BCUT2D eigenvalue weighted by Crippen LogP contribution is -2.16. The molecule has 2 aromatic heterocycles. The number of rotatable bonds is 4. The van der Waals surface area contributed by atoms with E-state index in [1.807, 2.05) is 22.7 Å². The summed E-state index contributed by atoms with van der Waals surface area (Å²) in [5.41, 5.74) is 1.39. The Labute approximate surface area is 98.8 Å². The van der Waals surface area contributed by atoms with Crippen LogP contribution in [-0.4, -0.2) is 0 Å². The van der Waals surface area contributed by atoms with E-state index in [2.05, 4.69) is 48.1 Å². The molecule has 3 heteroatoms. The molecular formula is C12H15NS2. The highest BCUT2D eigenvalue weighted by Gasteiger charge is 2.06. The van der Waals surface area contributed by atoms with Crippen molar-refractivity contribution < 1.29 is 0 Å². The quantitative estimate of drug-likeness (QED) is 0.848. The van der Waals surface area contributed by atoms with Crippen LogP contribution in [0, 0.1) is 6.92 Å². The highest BCUT2D eigenvalue weighted by molar-refractivity contribution is 7.10. The zero-order valence-electron chi connectivity index (χ0n) is 8.99. The molecule has 0 aliphatic carbocycles. The Hall–Kier alpha value is -0.640. The molecule has 0 aliphatic heterocycles. The van der Waals surface area contributed by atoms with E-state index in [0.29, 0.717) is 6.04 Å². The third-order valence-corrected chi connectivity index (χ3v) is 4.58. The van der Waals surface area contributed by atoms with E-state index in [0.717, 1.165) is 6.54 Å². The van der Waals surface area contributed by atoms with Crippen molar-refractivity contribution in [1.82, 2.24) is 5.32 Å². The first kappa shape index (κ1) is 10.9. The Morgan fingerprint density at radius 2 is 2.13 bits per heavy atom. The number of hydrogen-bond acceptors (Lipinski definition) is 3. The van der Waals surface area contributed by atoms with Crippen molar-refractivity contribution in [1.29, 1.82) is 0 Å². The number of thiophene rings is 2. The highest BCUT2D eigenvalue weighted by atomic mass is 32.1. The van der Waals surface area contributed by atoms with Gasteiger partial charge in [-0.3, -0.25) is 0 Å². The summed E-state index contributed by atoms with van der Waals surface area (Å²) in [7, 11) is 0. The van der Waals surface area contributed by atoms with Crippen LogP contribution in [0.5, 0.6) is 0 Å². The summed E-state index contributed by atoms with van der Waals surface area (Å²) in [6.07, 6.45) is 0. The van der Waals surface area contributed by atoms with Gasteiger partial charge in [-0.1, -0.05) is 6.07 Å². The van der Waals surface area contributed by atoms with Crippen molar-refractivity contribution in [2.45, 2.75) is 26.4 Å². The van der Waals surface area contributed by atoms with E-state index in [1.54, 1.807) is 0 Å². The second kappa shape index (κ2) is 4.92. The van der Waals surface area contributed by atoms with Crippen molar-refractivity contribution in [3.63, 3.8) is 0 Å². The minimum Gasteiger partial charge on any atom is -0.305 e. The van der Waals surface area contributed by atoms with Gasteiger partial charge in [0.15, 0.2) is 0 Å². The molecule has 0 saturated heterocycles. The zero-order valence-corrected chi connectivity index (χ0v) is 10.6. The van der Waals surface area contributed by atoms with Crippen molar-refractivity contribution in [3.05, 3.63) is 44.3 Å². The van der Waals surface area contributed by atoms with Crippen LogP contribution in [0.1, 0.15) is 28.3 Å². The Kier molecular flexibility index (Phi) is 3.57. The number of hydrogen-bond donors (Lipinski definition) is 1. The maximum atomic E-state index is 3.55. The monoisotopic (exact) mass is 237 g/mol. The molecule has 1 atom stereocenters. The summed E-state index contributed by atoms with van der Waals surface area (Å²) in [6.45, 7) is 5.36. The third kappa shape index (κ3) is 2.68. The zero-order chi connectivity index (χ0) is 10.7. The molecule has 0 saturated carbocycles. The minimum atomic E-state index is 0.450. The molecule has 1 nitrogen and oxygen atoms in total. The maximum absolute atomic E-state index is 3.55. The molecule has 0 aliphatic rings. The van der Waals surface area contributed by atoms with Crippen LogP contribution >= 0.6 is 22.7 Å². The molecule has 1 N–H and O–H groups in total. The van der Waals surface area contributed by atoms with Crippen molar-refractivity contribution >= 4 is 22.7 Å². The highest BCUT2D eigenvalue weighted by Crippen LogP contribution is 2.20. The van der Waals surface area contributed by atoms with Crippen molar-refractivity contribution in [3.8, 4) is 0 Å². The third-order valence-electron chi connectivity index (χ3n) is 2.51. The fourth-order valence-corrected chi connectivity index (χ4v) is 3.09. The summed E-state index contributed by atoms with van der Waals surface area (Å²) in [6, 6.07) is 6.92. The molecular weight excluding hydrogens is 222 g/mol. The average Bonchev–Trinajstić information content (AvgIpc) is 2.85. The topological polar surface area (TPSA) is 12.0 Å². The second-order valence-corrected chi connectivity index (χ2v) is 5.62. The van der Waals surface area contributed by atoms with E-state index in [4.69, 9.17) is 0 Å². The van der Waals surface area contributed by atoms with Crippen LogP contribution in [0.4, 0.5) is 0 Å². The largest absolute Gasteiger partial charge is 0.305 e. The summed E-state index contributed by atoms with van der Waals surface area (Å²) in [5.74, 6) is 0. The normalized spacial score (nSPS) is 12.9. The van der Waals surface area contributed by atoms with Gasteiger partial charge in [-0.25, -0.2) is 0 Å². The molecule has 0 aromatic carbocycles. The molecule has 15 heavy (non-hydrogen) atoms. The van der Waals surface area contributed by atoms with Gasteiger partial charge in [0.2, 0.25) is 0 Å². The molecule has 0 amide bonds. The van der Waals surface area contributed by atoms with Gasteiger partial charge in [0.05, 0.1) is 0 Å². The van der Waals surface area contributed by atoms with Gasteiger partial charge in [-0.2, -0.15) is 0 Å². The molecule has 0 radical (unpaired) electrons. The first-order chi connectivity index (χ1) is 7.27. The van der Waals surface area contributed by atoms with Crippen LogP contribution < -0.4 is 5.32 Å². The predicted octanol–water partition coefficient (Wildman–Crippen LogP) is 3.97. The summed E-state index contributed by atoms with van der Waals surface area (Å²) in [5, 5.41) is 7.83. The number of nitrogens with one attached hydrogen (secondary N) is 1. The molecule has 0 bridgehead atoms. The lowest BCUT2D eigenvalue weighted by Gasteiger charge is -2.11. The minimum absolute atomic E-state index is 0.450. The van der Waals surface area contributed by atoms with Crippen LogP contribution in [0.3, 0.4) is 0 Å². The standard InChI is InChI=1S/C12H15NS2/c1-9-5-7-15-12(9)8-13-10(2)11-4-3-6-14-11/h3-7,10,13H,8H2,1-2H3/t10-/m0/s1. The smallest absolute Gasteiger partial charge is 0.0389 e. The van der Waals surface area contributed by atoms with Gasteiger partial charge < -0.3 is 5.32 Å². The van der Waals surface area contributed by atoms with Gasteiger partial charge in [0, 0.05) is 22.3 Å². The molecule has 2 heterocycles. The Balaban J connectivity index is 1.91. The molecule has 0 fully saturated rings. The van der Waals surface area contributed by atoms with Crippen LogP contribution in [0.25, 0.3) is 0 Å². The first-order valence-corrected chi connectivity index (χ1v) is 6.83. The van der Waals surface area contributed by atoms with E-state index in [-0.39, 0.29) is 0 Å². The van der Waals surface area contributed by atoms with E-state index in [9.17, 15) is 0 Å².